The first kappa shape index (κ1) is 13.1. The van der Waals surface area contributed by atoms with Crippen LogP contribution in [0.2, 0.25) is 0 Å². The summed E-state index contributed by atoms with van der Waals surface area (Å²) < 4.78 is 0. The van der Waals surface area contributed by atoms with Crippen LogP contribution in [0.25, 0.3) is 0 Å². The van der Waals surface area contributed by atoms with Crippen LogP contribution in [0.5, 0.6) is 0 Å². The monoisotopic (exact) mass is 235 g/mol. The Hall–Kier alpha value is -1.97. The smallest absolute Gasteiger partial charge is 0.272 e. The zero-order valence-electron chi connectivity index (χ0n) is 9.20. The van der Waals surface area contributed by atoms with Crippen molar-refractivity contribution in [2.45, 2.75) is 0 Å². The lowest BCUT2D eigenvalue weighted by molar-refractivity contribution is 0.0679. The van der Waals surface area contributed by atoms with E-state index in [0.29, 0.717) is 5.56 Å². The molecule has 1 aromatic rings. The van der Waals surface area contributed by atoms with E-state index in [4.69, 9.17) is 15.5 Å². The molecule has 1 heterocycles. The molecule has 0 atom stereocenters. The van der Waals surface area contributed by atoms with E-state index in [1.807, 2.05) is 6.07 Å². The Labute approximate surface area is 98.7 Å². The summed E-state index contributed by atoms with van der Waals surface area (Å²) >= 11 is 0. The Bertz CT molecular complexity index is 405. The number of hydrogen-bond donors (Lipinski definition) is 2. The molecule has 0 saturated heterocycles. The number of amides is 1. The summed E-state index contributed by atoms with van der Waals surface area (Å²) in [5.74, 6) is -0.377. The van der Waals surface area contributed by atoms with Crippen molar-refractivity contribution < 1.29 is 15.0 Å². The first-order valence-corrected chi connectivity index (χ1v) is 5.10. The second kappa shape index (κ2) is 6.58. The molecule has 0 bridgehead atoms. The standard InChI is InChI=1S/C11H13N3O3/c12-7-9-1-2-10(13-8-9)11(17)14(3-5-15)4-6-16/h1-2,8,15-16H,3-6H2. The quantitative estimate of drug-likeness (QED) is 0.708. The molecule has 0 fully saturated rings. The number of rotatable bonds is 5. The van der Waals surface area contributed by atoms with Crippen LogP contribution in [-0.2, 0) is 0 Å². The highest BCUT2D eigenvalue weighted by molar-refractivity contribution is 5.92. The second-order valence-corrected chi connectivity index (χ2v) is 3.28. The molecule has 0 radical (unpaired) electrons. The fourth-order valence-electron chi connectivity index (χ4n) is 1.30. The van der Waals surface area contributed by atoms with Crippen molar-refractivity contribution in [3.63, 3.8) is 0 Å². The van der Waals surface area contributed by atoms with Crippen molar-refractivity contribution in [3.05, 3.63) is 29.6 Å². The van der Waals surface area contributed by atoms with Gasteiger partial charge in [0, 0.05) is 19.3 Å². The van der Waals surface area contributed by atoms with E-state index in [-0.39, 0.29) is 37.9 Å². The number of carbonyl (C=O) groups excluding carboxylic acids is 1. The molecule has 6 nitrogen and oxygen atoms in total. The minimum Gasteiger partial charge on any atom is -0.395 e. The van der Waals surface area contributed by atoms with Crippen LogP contribution in [0.1, 0.15) is 16.1 Å². The average Bonchev–Trinajstić information content (AvgIpc) is 2.38. The van der Waals surface area contributed by atoms with Gasteiger partial charge >= 0.3 is 0 Å². The lowest BCUT2D eigenvalue weighted by Crippen LogP contribution is -2.36. The Morgan fingerprint density at radius 3 is 2.41 bits per heavy atom. The van der Waals surface area contributed by atoms with Gasteiger partial charge in [0.1, 0.15) is 11.8 Å². The topological polar surface area (TPSA) is 97.5 Å². The molecule has 0 spiro atoms. The van der Waals surface area contributed by atoms with Crippen LogP contribution in [0.4, 0.5) is 0 Å². The first-order chi connectivity index (χ1) is 8.22. The van der Waals surface area contributed by atoms with Gasteiger partial charge in [0.2, 0.25) is 0 Å². The summed E-state index contributed by atoms with van der Waals surface area (Å²) in [6.45, 7) is -0.0772. The number of hydrogen-bond acceptors (Lipinski definition) is 5. The molecule has 17 heavy (non-hydrogen) atoms. The summed E-state index contributed by atoms with van der Waals surface area (Å²) in [6, 6.07) is 4.85. The lowest BCUT2D eigenvalue weighted by Gasteiger charge is -2.19. The van der Waals surface area contributed by atoms with E-state index in [0.717, 1.165) is 0 Å². The van der Waals surface area contributed by atoms with Crippen LogP contribution >= 0.6 is 0 Å². The molecule has 0 saturated carbocycles. The summed E-state index contributed by atoms with van der Waals surface area (Å²) in [5, 5.41) is 26.2. The highest BCUT2D eigenvalue weighted by Crippen LogP contribution is 2.03. The minimum atomic E-state index is -0.377. The van der Waals surface area contributed by atoms with Gasteiger partial charge in [-0.3, -0.25) is 4.79 Å². The molecular weight excluding hydrogens is 222 g/mol. The van der Waals surface area contributed by atoms with Gasteiger partial charge in [0.25, 0.3) is 5.91 Å². The Morgan fingerprint density at radius 1 is 1.35 bits per heavy atom. The number of aliphatic hydroxyl groups excluding tert-OH is 2. The van der Waals surface area contributed by atoms with E-state index in [1.165, 1.54) is 23.2 Å². The van der Waals surface area contributed by atoms with Crippen LogP contribution < -0.4 is 0 Å². The molecule has 0 aromatic carbocycles. The van der Waals surface area contributed by atoms with E-state index < -0.39 is 0 Å². The maximum absolute atomic E-state index is 11.9. The van der Waals surface area contributed by atoms with Gasteiger partial charge in [-0.05, 0) is 12.1 Å². The third kappa shape index (κ3) is 3.52. The third-order valence-corrected chi connectivity index (χ3v) is 2.14. The predicted octanol–water partition coefficient (Wildman–Crippen LogP) is -0.620. The Morgan fingerprint density at radius 2 is 2.00 bits per heavy atom. The fourth-order valence-corrected chi connectivity index (χ4v) is 1.30. The van der Waals surface area contributed by atoms with Crippen LogP contribution in [0.15, 0.2) is 18.3 Å². The van der Waals surface area contributed by atoms with E-state index in [9.17, 15) is 4.79 Å². The van der Waals surface area contributed by atoms with Crippen LogP contribution in [-0.4, -0.2) is 52.3 Å². The van der Waals surface area contributed by atoms with Gasteiger partial charge in [0.05, 0.1) is 18.8 Å². The summed E-state index contributed by atoms with van der Waals surface area (Å²) in [7, 11) is 0. The number of aromatic nitrogens is 1. The number of aliphatic hydroxyl groups is 2. The summed E-state index contributed by atoms with van der Waals surface area (Å²) in [4.78, 5) is 17.0. The molecule has 1 rings (SSSR count). The van der Waals surface area contributed by atoms with Gasteiger partial charge in [-0.15, -0.1) is 0 Å². The van der Waals surface area contributed by atoms with Crippen molar-refractivity contribution in [1.82, 2.24) is 9.88 Å². The maximum atomic E-state index is 11.9. The van der Waals surface area contributed by atoms with Gasteiger partial charge in [-0.25, -0.2) is 4.98 Å². The summed E-state index contributed by atoms with van der Waals surface area (Å²) in [5.41, 5.74) is 0.559. The molecule has 2 N–H and O–H groups in total. The van der Waals surface area contributed by atoms with Gasteiger partial charge < -0.3 is 15.1 Å². The molecule has 0 aliphatic rings. The van der Waals surface area contributed by atoms with E-state index >= 15 is 0 Å². The van der Waals surface area contributed by atoms with Crippen LogP contribution in [0, 0.1) is 11.3 Å². The van der Waals surface area contributed by atoms with Crippen molar-refractivity contribution in [2.24, 2.45) is 0 Å². The maximum Gasteiger partial charge on any atom is 0.272 e. The van der Waals surface area contributed by atoms with Gasteiger partial charge in [-0.1, -0.05) is 0 Å². The summed E-state index contributed by atoms with van der Waals surface area (Å²) in [6.07, 6.45) is 1.31. The zero-order chi connectivity index (χ0) is 12.7. The normalized spacial score (nSPS) is 9.71. The lowest BCUT2D eigenvalue weighted by atomic mass is 10.2. The number of nitrogens with zero attached hydrogens (tertiary/aromatic N) is 3. The van der Waals surface area contributed by atoms with Gasteiger partial charge in [0.15, 0.2) is 0 Å². The number of nitriles is 1. The van der Waals surface area contributed by atoms with Gasteiger partial charge in [-0.2, -0.15) is 5.26 Å². The third-order valence-electron chi connectivity index (χ3n) is 2.14. The van der Waals surface area contributed by atoms with Crippen LogP contribution in [0.3, 0.4) is 0 Å². The molecule has 0 aliphatic heterocycles. The van der Waals surface area contributed by atoms with Crippen molar-refractivity contribution in [1.29, 1.82) is 5.26 Å². The molecule has 0 unspecified atom stereocenters. The predicted molar refractivity (Wildman–Crippen MR) is 59.0 cm³/mol. The average molecular weight is 235 g/mol. The Balaban J connectivity index is 2.81. The molecule has 0 aliphatic carbocycles. The van der Waals surface area contributed by atoms with E-state index in [1.54, 1.807) is 0 Å². The fraction of sp³-hybridized carbons (Fsp3) is 0.364. The Kier molecular flexibility index (Phi) is 5.07. The highest BCUT2D eigenvalue weighted by Gasteiger charge is 2.15. The molecule has 90 valence electrons. The van der Waals surface area contributed by atoms with Crippen molar-refractivity contribution >= 4 is 5.91 Å². The first-order valence-electron chi connectivity index (χ1n) is 5.10. The second-order valence-electron chi connectivity index (χ2n) is 3.28. The zero-order valence-corrected chi connectivity index (χ0v) is 9.20. The molecule has 1 amide bonds. The largest absolute Gasteiger partial charge is 0.395 e. The minimum absolute atomic E-state index is 0.140. The SMILES string of the molecule is N#Cc1ccc(C(=O)N(CCO)CCO)nc1. The highest BCUT2D eigenvalue weighted by atomic mass is 16.3. The van der Waals surface area contributed by atoms with Crippen molar-refractivity contribution in [2.75, 3.05) is 26.3 Å². The molecule has 1 aromatic heterocycles. The number of pyridine rings is 1. The van der Waals surface area contributed by atoms with E-state index in [2.05, 4.69) is 4.98 Å². The molecular formula is C11H13N3O3. The molecule has 6 heteroatoms. The van der Waals surface area contributed by atoms with Crippen molar-refractivity contribution in [3.8, 4) is 6.07 Å². The number of carbonyl (C=O) groups is 1.